The van der Waals surface area contributed by atoms with Crippen molar-refractivity contribution in [2.75, 3.05) is 5.32 Å². The summed E-state index contributed by atoms with van der Waals surface area (Å²) >= 11 is 0. The van der Waals surface area contributed by atoms with Gasteiger partial charge in [0.25, 0.3) is 0 Å². The molecule has 1 aliphatic rings. The van der Waals surface area contributed by atoms with Crippen LogP contribution in [0.4, 0.5) is 5.69 Å². The molecule has 0 saturated heterocycles. The summed E-state index contributed by atoms with van der Waals surface area (Å²) in [5, 5.41) is 16.5. The Bertz CT molecular complexity index is 496. The lowest BCUT2D eigenvalue weighted by Gasteiger charge is -2.36. The maximum Gasteiger partial charge on any atom is 0.224 e. The molecule has 4 heteroatoms. The second-order valence-electron chi connectivity index (χ2n) is 6.23. The van der Waals surface area contributed by atoms with E-state index < -0.39 is 0 Å². The van der Waals surface area contributed by atoms with E-state index in [9.17, 15) is 9.90 Å². The highest BCUT2D eigenvalue weighted by Crippen LogP contribution is 2.32. The summed E-state index contributed by atoms with van der Waals surface area (Å²) in [6, 6.07) is 5.87. The Morgan fingerprint density at radius 1 is 1.43 bits per heavy atom. The highest BCUT2D eigenvalue weighted by atomic mass is 16.3. The maximum absolute atomic E-state index is 11.7. The SMILES string of the molecule is CCCC(=O)Nc1ccc(O)c(C(C)NC2CC(C)C2)c1. The van der Waals surface area contributed by atoms with Gasteiger partial charge in [-0.2, -0.15) is 0 Å². The van der Waals surface area contributed by atoms with Crippen molar-refractivity contribution in [1.29, 1.82) is 0 Å². The number of amides is 1. The third-order valence-corrected chi connectivity index (χ3v) is 4.11. The summed E-state index contributed by atoms with van der Waals surface area (Å²) in [6.07, 6.45) is 3.73. The number of carbonyl (C=O) groups excluding carboxylic acids is 1. The molecule has 1 fully saturated rings. The second kappa shape index (κ2) is 6.94. The van der Waals surface area contributed by atoms with Gasteiger partial charge in [-0.05, 0) is 50.3 Å². The Kier molecular flexibility index (Phi) is 5.23. The summed E-state index contributed by atoms with van der Waals surface area (Å²) in [7, 11) is 0. The maximum atomic E-state index is 11.7. The lowest BCUT2D eigenvalue weighted by molar-refractivity contribution is -0.116. The predicted octanol–water partition coefficient (Wildman–Crippen LogP) is 3.58. The number of rotatable bonds is 6. The van der Waals surface area contributed by atoms with Crippen LogP contribution in [-0.4, -0.2) is 17.1 Å². The van der Waals surface area contributed by atoms with Crippen molar-refractivity contribution in [2.24, 2.45) is 5.92 Å². The first-order valence-corrected chi connectivity index (χ1v) is 7.88. The van der Waals surface area contributed by atoms with Gasteiger partial charge in [-0.15, -0.1) is 0 Å². The topological polar surface area (TPSA) is 61.4 Å². The monoisotopic (exact) mass is 290 g/mol. The Balaban J connectivity index is 2.02. The Morgan fingerprint density at radius 3 is 2.76 bits per heavy atom. The molecule has 1 atom stereocenters. The lowest BCUT2D eigenvalue weighted by Crippen LogP contribution is -2.41. The van der Waals surface area contributed by atoms with E-state index in [0.717, 1.165) is 23.6 Å². The fraction of sp³-hybridized carbons (Fsp3) is 0.588. The molecule has 0 aliphatic heterocycles. The zero-order valence-electron chi connectivity index (χ0n) is 13.1. The van der Waals surface area contributed by atoms with E-state index in [1.165, 1.54) is 12.8 Å². The molecule has 4 nitrogen and oxygen atoms in total. The lowest BCUT2D eigenvalue weighted by atomic mass is 9.81. The molecule has 0 aromatic heterocycles. The third kappa shape index (κ3) is 4.21. The number of aromatic hydroxyl groups is 1. The molecule has 3 N–H and O–H groups in total. The first-order chi connectivity index (χ1) is 9.99. The van der Waals surface area contributed by atoms with Gasteiger partial charge in [0.15, 0.2) is 0 Å². The molecule has 0 spiro atoms. The van der Waals surface area contributed by atoms with Crippen LogP contribution >= 0.6 is 0 Å². The van der Waals surface area contributed by atoms with Crippen LogP contribution in [0.1, 0.15) is 58.1 Å². The Hall–Kier alpha value is -1.55. The van der Waals surface area contributed by atoms with Gasteiger partial charge in [0.2, 0.25) is 5.91 Å². The van der Waals surface area contributed by atoms with Crippen molar-refractivity contribution in [2.45, 2.75) is 58.5 Å². The molecule has 1 amide bonds. The van der Waals surface area contributed by atoms with E-state index in [4.69, 9.17) is 0 Å². The number of hydrogen-bond acceptors (Lipinski definition) is 3. The van der Waals surface area contributed by atoms with Gasteiger partial charge in [0.1, 0.15) is 5.75 Å². The number of hydrogen-bond donors (Lipinski definition) is 3. The Labute approximate surface area is 126 Å². The van der Waals surface area contributed by atoms with Crippen LogP contribution in [-0.2, 0) is 4.79 Å². The largest absolute Gasteiger partial charge is 0.508 e. The van der Waals surface area contributed by atoms with Crippen molar-refractivity contribution >= 4 is 11.6 Å². The first kappa shape index (κ1) is 15.8. The van der Waals surface area contributed by atoms with Crippen LogP contribution in [0.25, 0.3) is 0 Å². The minimum Gasteiger partial charge on any atom is -0.508 e. The van der Waals surface area contributed by atoms with Gasteiger partial charge in [-0.1, -0.05) is 13.8 Å². The van der Waals surface area contributed by atoms with E-state index in [-0.39, 0.29) is 17.7 Å². The number of carbonyl (C=O) groups is 1. The average molecular weight is 290 g/mol. The van der Waals surface area contributed by atoms with Gasteiger partial charge in [0.05, 0.1) is 0 Å². The molecule has 1 aliphatic carbocycles. The smallest absolute Gasteiger partial charge is 0.224 e. The normalized spacial score (nSPS) is 22.4. The van der Waals surface area contributed by atoms with E-state index >= 15 is 0 Å². The summed E-state index contributed by atoms with van der Waals surface area (Å²) in [4.78, 5) is 11.7. The standard InChI is InChI=1S/C17H26N2O2/c1-4-5-17(21)19-13-6-7-16(20)15(10-13)12(3)18-14-8-11(2)9-14/h6-7,10-12,14,18,20H,4-5,8-9H2,1-3H3,(H,19,21). The van der Waals surface area contributed by atoms with Crippen molar-refractivity contribution in [3.63, 3.8) is 0 Å². The zero-order valence-corrected chi connectivity index (χ0v) is 13.1. The van der Waals surface area contributed by atoms with E-state index in [1.54, 1.807) is 12.1 Å². The third-order valence-electron chi connectivity index (χ3n) is 4.11. The van der Waals surface area contributed by atoms with Crippen molar-refractivity contribution in [1.82, 2.24) is 5.32 Å². The molecule has 1 saturated carbocycles. The van der Waals surface area contributed by atoms with Gasteiger partial charge in [-0.25, -0.2) is 0 Å². The average Bonchev–Trinajstić information content (AvgIpc) is 2.39. The molecule has 21 heavy (non-hydrogen) atoms. The summed E-state index contributed by atoms with van der Waals surface area (Å²) in [5.74, 6) is 1.08. The highest BCUT2D eigenvalue weighted by molar-refractivity contribution is 5.90. The van der Waals surface area contributed by atoms with Gasteiger partial charge < -0.3 is 15.7 Å². The van der Waals surface area contributed by atoms with Crippen molar-refractivity contribution in [3.8, 4) is 5.75 Å². The van der Waals surface area contributed by atoms with Crippen LogP contribution in [0.5, 0.6) is 5.75 Å². The number of nitrogens with one attached hydrogen (secondary N) is 2. The first-order valence-electron chi connectivity index (χ1n) is 7.88. The second-order valence-corrected chi connectivity index (χ2v) is 6.23. The highest BCUT2D eigenvalue weighted by Gasteiger charge is 2.27. The van der Waals surface area contributed by atoms with Crippen LogP contribution < -0.4 is 10.6 Å². The summed E-state index contributed by atoms with van der Waals surface area (Å²) in [6.45, 7) is 6.29. The quantitative estimate of drug-likeness (QED) is 0.702. The molecule has 1 aromatic carbocycles. The molecule has 2 rings (SSSR count). The predicted molar refractivity (Wildman–Crippen MR) is 85.4 cm³/mol. The Morgan fingerprint density at radius 2 is 2.14 bits per heavy atom. The number of phenolic OH excluding ortho intramolecular Hbond substituents is 1. The molecule has 0 radical (unpaired) electrons. The van der Waals surface area contributed by atoms with E-state index in [1.807, 2.05) is 13.0 Å². The minimum absolute atomic E-state index is 0.0163. The van der Waals surface area contributed by atoms with Crippen LogP contribution in [0.15, 0.2) is 18.2 Å². The molecule has 116 valence electrons. The van der Waals surface area contributed by atoms with E-state index in [0.29, 0.717) is 12.5 Å². The fourth-order valence-electron chi connectivity index (χ4n) is 2.91. The molecular weight excluding hydrogens is 264 g/mol. The van der Waals surface area contributed by atoms with Gasteiger partial charge in [-0.3, -0.25) is 4.79 Å². The minimum atomic E-state index is 0.0163. The molecule has 0 heterocycles. The van der Waals surface area contributed by atoms with Crippen LogP contribution in [0.2, 0.25) is 0 Å². The number of anilines is 1. The molecule has 1 unspecified atom stereocenters. The number of benzene rings is 1. The van der Waals surface area contributed by atoms with Gasteiger partial charge in [0, 0.05) is 29.8 Å². The molecular formula is C17H26N2O2. The molecule has 1 aromatic rings. The molecule has 0 bridgehead atoms. The van der Waals surface area contributed by atoms with Crippen LogP contribution in [0.3, 0.4) is 0 Å². The summed E-state index contributed by atoms with van der Waals surface area (Å²) < 4.78 is 0. The van der Waals surface area contributed by atoms with Gasteiger partial charge >= 0.3 is 0 Å². The van der Waals surface area contributed by atoms with E-state index in [2.05, 4.69) is 24.5 Å². The van der Waals surface area contributed by atoms with Crippen molar-refractivity contribution < 1.29 is 9.90 Å². The van der Waals surface area contributed by atoms with Crippen molar-refractivity contribution in [3.05, 3.63) is 23.8 Å². The zero-order chi connectivity index (χ0) is 15.4. The fourth-order valence-corrected chi connectivity index (χ4v) is 2.91. The van der Waals surface area contributed by atoms with Crippen LogP contribution in [0, 0.1) is 5.92 Å². The summed E-state index contributed by atoms with van der Waals surface area (Å²) in [5.41, 5.74) is 1.58. The number of phenols is 1.